The zero-order valence-corrected chi connectivity index (χ0v) is 10.1. The van der Waals surface area contributed by atoms with E-state index in [2.05, 4.69) is 27.5 Å². The summed E-state index contributed by atoms with van der Waals surface area (Å²) >= 11 is 2.21. The van der Waals surface area contributed by atoms with Gasteiger partial charge in [-0.1, -0.05) is 6.07 Å². The Hall–Kier alpha value is -0.160. The van der Waals surface area contributed by atoms with Gasteiger partial charge in [0, 0.05) is 15.7 Å². The SMILES string of the molecule is Fc1cccc(I)c1CN1CCCC1. The fourth-order valence-corrected chi connectivity index (χ4v) is 2.48. The predicted molar refractivity (Wildman–Crippen MR) is 63.6 cm³/mol. The van der Waals surface area contributed by atoms with Gasteiger partial charge in [-0.25, -0.2) is 4.39 Å². The second kappa shape index (κ2) is 4.57. The van der Waals surface area contributed by atoms with Crippen molar-refractivity contribution in [2.24, 2.45) is 0 Å². The molecule has 1 aliphatic heterocycles. The molecular weight excluding hydrogens is 292 g/mol. The lowest BCUT2D eigenvalue weighted by molar-refractivity contribution is 0.324. The van der Waals surface area contributed by atoms with Crippen LogP contribution in [-0.4, -0.2) is 18.0 Å². The van der Waals surface area contributed by atoms with Crippen LogP contribution in [0.15, 0.2) is 18.2 Å². The number of nitrogens with zero attached hydrogens (tertiary/aromatic N) is 1. The topological polar surface area (TPSA) is 3.24 Å². The summed E-state index contributed by atoms with van der Waals surface area (Å²) in [5.74, 6) is -0.0659. The monoisotopic (exact) mass is 305 g/mol. The quantitative estimate of drug-likeness (QED) is 0.759. The molecule has 0 aliphatic carbocycles. The highest BCUT2D eigenvalue weighted by Crippen LogP contribution is 2.20. The first-order chi connectivity index (χ1) is 6.77. The van der Waals surface area contributed by atoms with Crippen LogP contribution in [0.2, 0.25) is 0 Å². The van der Waals surface area contributed by atoms with Gasteiger partial charge in [-0.2, -0.15) is 0 Å². The minimum Gasteiger partial charge on any atom is -0.299 e. The molecule has 0 amide bonds. The molecule has 0 spiro atoms. The minimum absolute atomic E-state index is 0.0659. The molecule has 1 nitrogen and oxygen atoms in total. The van der Waals surface area contributed by atoms with Crippen molar-refractivity contribution >= 4 is 22.6 Å². The molecule has 0 unspecified atom stereocenters. The van der Waals surface area contributed by atoms with Gasteiger partial charge < -0.3 is 0 Å². The summed E-state index contributed by atoms with van der Waals surface area (Å²) in [6.45, 7) is 3.00. The Bertz CT molecular complexity index is 301. The van der Waals surface area contributed by atoms with Crippen molar-refractivity contribution in [3.8, 4) is 0 Å². The molecule has 76 valence electrons. The van der Waals surface area contributed by atoms with Crippen LogP contribution in [0, 0.1) is 9.39 Å². The van der Waals surface area contributed by atoms with Crippen molar-refractivity contribution in [2.45, 2.75) is 19.4 Å². The van der Waals surface area contributed by atoms with Crippen molar-refractivity contribution in [2.75, 3.05) is 13.1 Å². The smallest absolute Gasteiger partial charge is 0.128 e. The molecule has 0 radical (unpaired) electrons. The number of likely N-dealkylation sites (tertiary alicyclic amines) is 1. The summed E-state index contributed by atoms with van der Waals surface area (Å²) in [6, 6.07) is 5.28. The van der Waals surface area contributed by atoms with Crippen molar-refractivity contribution in [3.05, 3.63) is 33.1 Å². The molecule has 1 aliphatic rings. The van der Waals surface area contributed by atoms with E-state index in [0.717, 1.165) is 28.8 Å². The van der Waals surface area contributed by atoms with Crippen molar-refractivity contribution in [1.82, 2.24) is 4.90 Å². The summed E-state index contributed by atoms with van der Waals surface area (Å²) in [4.78, 5) is 2.32. The van der Waals surface area contributed by atoms with Gasteiger partial charge in [-0.15, -0.1) is 0 Å². The number of rotatable bonds is 2. The van der Waals surface area contributed by atoms with E-state index in [1.807, 2.05) is 6.07 Å². The summed E-state index contributed by atoms with van der Waals surface area (Å²) in [5, 5.41) is 0. The summed E-state index contributed by atoms with van der Waals surface area (Å²) in [6.07, 6.45) is 2.51. The summed E-state index contributed by atoms with van der Waals surface area (Å²) < 4.78 is 14.5. The molecule has 0 saturated carbocycles. The highest BCUT2D eigenvalue weighted by atomic mass is 127. The van der Waals surface area contributed by atoms with Gasteiger partial charge in [0.1, 0.15) is 5.82 Å². The second-order valence-electron chi connectivity index (χ2n) is 3.68. The molecule has 1 aromatic carbocycles. The second-order valence-corrected chi connectivity index (χ2v) is 4.85. The van der Waals surface area contributed by atoms with Gasteiger partial charge in [0.2, 0.25) is 0 Å². The van der Waals surface area contributed by atoms with Crippen LogP contribution >= 0.6 is 22.6 Å². The van der Waals surface area contributed by atoms with E-state index in [9.17, 15) is 4.39 Å². The van der Waals surface area contributed by atoms with Crippen LogP contribution in [0.5, 0.6) is 0 Å². The van der Waals surface area contributed by atoms with Crippen molar-refractivity contribution in [3.63, 3.8) is 0 Å². The van der Waals surface area contributed by atoms with E-state index in [4.69, 9.17) is 0 Å². The van der Waals surface area contributed by atoms with Crippen LogP contribution in [0.1, 0.15) is 18.4 Å². The molecular formula is C11H13FIN. The Morgan fingerprint density at radius 3 is 2.64 bits per heavy atom. The molecule has 3 heteroatoms. The predicted octanol–water partition coefficient (Wildman–Crippen LogP) is 3.03. The highest BCUT2D eigenvalue weighted by molar-refractivity contribution is 14.1. The molecule has 1 heterocycles. The zero-order valence-electron chi connectivity index (χ0n) is 7.97. The summed E-state index contributed by atoms with van der Waals surface area (Å²) in [7, 11) is 0. The van der Waals surface area contributed by atoms with E-state index in [0.29, 0.717) is 0 Å². The molecule has 0 N–H and O–H groups in total. The van der Waals surface area contributed by atoms with Crippen LogP contribution in [0.25, 0.3) is 0 Å². The molecule has 0 aromatic heterocycles. The number of hydrogen-bond donors (Lipinski definition) is 0. The number of hydrogen-bond acceptors (Lipinski definition) is 1. The first-order valence-corrected chi connectivity index (χ1v) is 6.00. The molecule has 0 bridgehead atoms. The van der Waals surface area contributed by atoms with E-state index in [1.165, 1.54) is 12.8 Å². The lowest BCUT2D eigenvalue weighted by atomic mass is 10.2. The van der Waals surface area contributed by atoms with E-state index in [1.54, 1.807) is 12.1 Å². The Kier molecular flexibility index (Phi) is 3.38. The third-order valence-electron chi connectivity index (χ3n) is 2.64. The average Bonchev–Trinajstić information content (AvgIpc) is 2.64. The number of halogens is 2. The zero-order chi connectivity index (χ0) is 9.97. The van der Waals surface area contributed by atoms with E-state index in [-0.39, 0.29) is 5.82 Å². The Morgan fingerprint density at radius 1 is 1.29 bits per heavy atom. The normalized spacial score (nSPS) is 17.6. The van der Waals surface area contributed by atoms with Crippen LogP contribution in [0.4, 0.5) is 4.39 Å². The molecule has 1 aromatic rings. The van der Waals surface area contributed by atoms with Gasteiger partial charge in [0.25, 0.3) is 0 Å². The third kappa shape index (κ3) is 2.25. The van der Waals surface area contributed by atoms with Gasteiger partial charge >= 0.3 is 0 Å². The first-order valence-electron chi connectivity index (χ1n) is 4.92. The summed E-state index contributed by atoms with van der Waals surface area (Å²) in [5.41, 5.74) is 0.856. The third-order valence-corrected chi connectivity index (χ3v) is 3.65. The minimum atomic E-state index is -0.0659. The van der Waals surface area contributed by atoms with Crippen molar-refractivity contribution < 1.29 is 4.39 Å². The number of benzene rings is 1. The highest BCUT2D eigenvalue weighted by Gasteiger charge is 2.15. The van der Waals surface area contributed by atoms with Gasteiger partial charge in [-0.3, -0.25) is 4.90 Å². The lowest BCUT2D eigenvalue weighted by Crippen LogP contribution is -2.19. The Morgan fingerprint density at radius 2 is 2.00 bits per heavy atom. The maximum Gasteiger partial charge on any atom is 0.128 e. The van der Waals surface area contributed by atoms with E-state index >= 15 is 0 Å². The van der Waals surface area contributed by atoms with E-state index < -0.39 is 0 Å². The molecule has 1 saturated heterocycles. The van der Waals surface area contributed by atoms with Crippen molar-refractivity contribution in [1.29, 1.82) is 0 Å². The fraction of sp³-hybridized carbons (Fsp3) is 0.455. The van der Waals surface area contributed by atoms with Gasteiger partial charge in [-0.05, 0) is 60.7 Å². The largest absolute Gasteiger partial charge is 0.299 e. The maximum absolute atomic E-state index is 13.5. The Labute approximate surface area is 97.4 Å². The van der Waals surface area contributed by atoms with Crippen LogP contribution < -0.4 is 0 Å². The Balaban J connectivity index is 2.14. The standard InChI is InChI=1S/C11H13FIN/c12-10-4-3-5-11(13)9(10)8-14-6-1-2-7-14/h3-5H,1-2,6-8H2. The lowest BCUT2D eigenvalue weighted by Gasteiger charge is -2.16. The molecule has 14 heavy (non-hydrogen) atoms. The molecule has 2 rings (SSSR count). The molecule has 1 fully saturated rings. The average molecular weight is 305 g/mol. The van der Waals surface area contributed by atoms with Gasteiger partial charge in [0.05, 0.1) is 0 Å². The fourth-order valence-electron chi connectivity index (χ4n) is 1.85. The molecule has 0 atom stereocenters. The van der Waals surface area contributed by atoms with Crippen LogP contribution in [-0.2, 0) is 6.54 Å². The van der Waals surface area contributed by atoms with Crippen LogP contribution in [0.3, 0.4) is 0 Å². The first kappa shape index (κ1) is 10.4. The van der Waals surface area contributed by atoms with Gasteiger partial charge in [0.15, 0.2) is 0 Å². The maximum atomic E-state index is 13.5.